The molecule has 0 aliphatic heterocycles. The largest absolute Gasteiger partial charge is 0.451 e. The molecule has 0 bridgehead atoms. The molecule has 0 fully saturated rings. The van der Waals surface area contributed by atoms with E-state index in [1.807, 2.05) is 19.9 Å². The first kappa shape index (κ1) is 18.4. The number of rotatable bonds is 6. The van der Waals surface area contributed by atoms with Crippen molar-refractivity contribution in [3.8, 4) is 0 Å². The Labute approximate surface area is 146 Å². The normalized spacial score (nSPS) is 16.4. The third-order valence-electron chi connectivity index (χ3n) is 3.76. The lowest BCUT2D eigenvalue weighted by atomic mass is 9.90. The SMILES string of the molecule is CC(C)NC(=O)CNC(=O)COC(=O)c1cc2c(s1)CC[C@H](C)C2. The highest BCUT2D eigenvalue weighted by atomic mass is 32.1. The average molecular weight is 352 g/mol. The predicted octanol–water partition coefficient (Wildman–Crippen LogP) is 1.67. The van der Waals surface area contributed by atoms with Gasteiger partial charge in [0, 0.05) is 10.9 Å². The lowest BCUT2D eigenvalue weighted by Gasteiger charge is -2.16. The summed E-state index contributed by atoms with van der Waals surface area (Å²) < 4.78 is 5.04. The number of aryl methyl sites for hydroxylation is 1. The van der Waals surface area contributed by atoms with Crippen LogP contribution in [0.4, 0.5) is 0 Å². The molecule has 0 spiro atoms. The van der Waals surface area contributed by atoms with Crippen molar-refractivity contribution in [2.75, 3.05) is 13.2 Å². The number of amides is 2. The van der Waals surface area contributed by atoms with E-state index in [1.54, 1.807) is 0 Å². The summed E-state index contributed by atoms with van der Waals surface area (Å²) in [4.78, 5) is 36.9. The predicted molar refractivity (Wildman–Crippen MR) is 92.1 cm³/mol. The monoisotopic (exact) mass is 352 g/mol. The molecule has 132 valence electrons. The van der Waals surface area contributed by atoms with Gasteiger partial charge in [-0.3, -0.25) is 9.59 Å². The van der Waals surface area contributed by atoms with Crippen LogP contribution in [0, 0.1) is 5.92 Å². The van der Waals surface area contributed by atoms with Crippen LogP contribution >= 0.6 is 11.3 Å². The van der Waals surface area contributed by atoms with Gasteiger partial charge in [0.25, 0.3) is 5.91 Å². The number of fused-ring (bicyclic) bond motifs is 1. The molecule has 2 rings (SSSR count). The number of ether oxygens (including phenoxy) is 1. The summed E-state index contributed by atoms with van der Waals surface area (Å²) in [6.45, 7) is 5.37. The van der Waals surface area contributed by atoms with Crippen molar-refractivity contribution in [2.24, 2.45) is 5.92 Å². The topological polar surface area (TPSA) is 84.5 Å². The molecular weight excluding hydrogens is 328 g/mol. The van der Waals surface area contributed by atoms with Crippen molar-refractivity contribution >= 4 is 29.1 Å². The van der Waals surface area contributed by atoms with E-state index in [9.17, 15) is 14.4 Å². The molecule has 1 atom stereocenters. The minimum Gasteiger partial charge on any atom is -0.451 e. The van der Waals surface area contributed by atoms with Gasteiger partial charge in [-0.25, -0.2) is 4.79 Å². The fraction of sp³-hybridized carbons (Fsp3) is 0.588. The fourth-order valence-corrected chi connectivity index (χ4v) is 3.71. The van der Waals surface area contributed by atoms with Crippen LogP contribution in [0.3, 0.4) is 0 Å². The second-order valence-electron chi connectivity index (χ2n) is 6.48. The average Bonchev–Trinajstić information content (AvgIpc) is 2.93. The Bertz CT molecular complexity index is 624. The number of hydrogen-bond donors (Lipinski definition) is 2. The zero-order valence-electron chi connectivity index (χ0n) is 14.3. The van der Waals surface area contributed by atoms with Crippen LogP contribution in [0.25, 0.3) is 0 Å². The lowest BCUT2D eigenvalue weighted by molar-refractivity contribution is -0.128. The Morgan fingerprint density at radius 3 is 2.79 bits per heavy atom. The highest BCUT2D eigenvalue weighted by Gasteiger charge is 2.21. The van der Waals surface area contributed by atoms with Gasteiger partial charge in [-0.1, -0.05) is 6.92 Å². The maximum atomic E-state index is 12.1. The van der Waals surface area contributed by atoms with E-state index in [0.29, 0.717) is 10.8 Å². The van der Waals surface area contributed by atoms with Crippen LogP contribution in [-0.2, 0) is 27.2 Å². The van der Waals surface area contributed by atoms with E-state index in [2.05, 4.69) is 17.6 Å². The second kappa shape index (κ2) is 8.28. The number of thiophene rings is 1. The Morgan fingerprint density at radius 1 is 1.33 bits per heavy atom. The summed E-state index contributed by atoms with van der Waals surface area (Å²) in [7, 11) is 0. The Kier molecular flexibility index (Phi) is 6.36. The molecule has 1 aliphatic carbocycles. The standard InChI is InChI=1S/C17H24N2O4S/c1-10(2)19-15(20)8-18-16(21)9-23-17(22)14-7-12-6-11(3)4-5-13(12)24-14/h7,10-11H,4-6,8-9H2,1-3H3,(H,18,21)(H,19,20)/t11-/m0/s1. The van der Waals surface area contributed by atoms with Gasteiger partial charge in [0.05, 0.1) is 6.54 Å². The third-order valence-corrected chi connectivity index (χ3v) is 4.98. The molecular formula is C17H24N2O4S. The van der Waals surface area contributed by atoms with Crippen LogP contribution in [-0.4, -0.2) is 37.0 Å². The highest BCUT2D eigenvalue weighted by molar-refractivity contribution is 7.14. The van der Waals surface area contributed by atoms with Crippen molar-refractivity contribution in [3.05, 3.63) is 21.4 Å². The lowest BCUT2D eigenvalue weighted by Crippen LogP contribution is -2.41. The van der Waals surface area contributed by atoms with Crippen LogP contribution in [0.1, 0.15) is 47.3 Å². The number of carbonyl (C=O) groups is 3. The summed E-state index contributed by atoms with van der Waals surface area (Å²) in [5, 5.41) is 5.08. The maximum absolute atomic E-state index is 12.1. The van der Waals surface area contributed by atoms with Gasteiger partial charge in [-0.15, -0.1) is 11.3 Å². The third kappa shape index (κ3) is 5.33. The molecule has 2 N–H and O–H groups in total. The Balaban J connectivity index is 1.77. The Hall–Kier alpha value is -1.89. The quantitative estimate of drug-likeness (QED) is 0.763. The minimum atomic E-state index is -0.489. The minimum absolute atomic E-state index is 0.0137. The van der Waals surface area contributed by atoms with Gasteiger partial charge >= 0.3 is 5.97 Å². The maximum Gasteiger partial charge on any atom is 0.348 e. The molecule has 6 nitrogen and oxygen atoms in total. The molecule has 1 heterocycles. The molecule has 0 aromatic carbocycles. The van der Waals surface area contributed by atoms with E-state index in [4.69, 9.17) is 4.74 Å². The molecule has 0 radical (unpaired) electrons. The van der Waals surface area contributed by atoms with Gasteiger partial charge in [-0.05, 0) is 50.7 Å². The molecule has 0 unspecified atom stereocenters. The number of hydrogen-bond acceptors (Lipinski definition) is 5. The van der Waals surface area contributed by atoms with Crippen molar-refractivity contribution in [3.63, 3.8) is 0 Å². The highest BCUT2D eigenvalue weighted by Crippen LogP contribution is 2.32. The zero-order chi connectivity index (χ0) is 17.7. The van der Waals surface area contributed by atoms with Crippen molar-refractivity contribution < 1.29 is 19.1 Å². The molecule has 1 aliphatic rings. The van der Waals surface area contributed by atoms with Crippen LogP contribution < -0.4 is 10.6 Å². The number of nitrogens with one attached hydrogen (secondary N) is 2. The Morgan fingerprint density at radius 2 is 2.08 bits per heavy atom. The van der Waals surface area contributed by atoms with Crippen LogP contribution in [0.15, 0.2) is 6.07 Å². The van der Waals surface area contributed by atoms with Gasteiger partial charge in [0.1, 0.15) is 4.88 Å². The summed E-state index contributed by atoms with van der Waals surface area (Å²) in [5.41, 5.74) is 1.22. The van der Waals surface area contributed by atoms with Gasteiger partial charge in [0.2, 0.25) is 5.91 Å². The first-order valence-corrected chi connectivity index (χ1v) is 9.01. The number of carbonyl (C=O) groups excluding carboxylic acids is 3. The van der Waals surface area contributed by atoms with Crippen molar-refractivity contribution in [1.82, 2.24) is 10.6 Å². The molecule has 0 saturated carbocycles. The van der Waals surface area contributed by atoms with Gasteiger partial charge in [-0.2, -0.15) is 0 Å². The first-order valence-electron chi connectivity index (χ1n) is 8.20. The zero-order valence-corrected chi connectivity index (χ0v) is 15.1. The molecule has 1 aromatic heterocycles. The van der Waals surface area contributed by atoms with E-state index in [-0.39, 0.29) is 25.1 Å². The molecule has 0 saturated heterocycles. The smallest absolute Gasteiger partial charge is 0.348 e. The van der Waals surface area contributed by atoms with Crippen molar-refractivity contribution in [2.45, 2.75) is 46.1 Å². The summed E-state index contributed by atoms with van der Waals surface area (Å²) >= 11 is 1.45. The van der Waals surface area contributed by atoms with E-state index < -0.39 is 11.9 Å². The van der Waals surface area contributed by atoms with E-state index in [0.717, 1.165) is 19.3 Å². The van der Waals surface area contributed by atoms with Crippen molar-refractivity contribution in [1.29, 1.82) is 0 Å². The van der Waals surface area contributed by atoms with Gasteiger partial charge < -0.3 is 15.4 Å². The van der Waals surface area contributed by atoms with Crippen LogP contribution in [0.5, 0.6) is 0 Å². The molecule has 1 aromatic rings. The van der Waals surface area contributed by atoms with E-state index >= 15 is 0 Å². The molecule has 24 heavy (non-hydrogen) atoms. The molecule has 7 heteroatoms. The fourth-order valence-electron chi connectivity index (χ4n) is 2.61. The van der Waals surface area contributed by atoms with Gasteiger partial charge in [0.15, 0.2) is 6.61 Å². The second-order valence-corrected chi connectivity index (χ2v) is 7.62. The van der Waals surface area contributed by atoms with Crippen LogP contribution in [0.2, 0.25) is 0 Å². The van der Waals surface area contributed by atoms with E-state index in [1.165, 1.54) is 21.8 Å². The number of esters is 1. The molecule has 2 amide bonds. The summed E-state index contributed by atoms with van der Waals surface area (Å²) in [5.74, 6) is -0.607. The summed E-state index contributed by atoms with van der Waals surface area (Å²) in [6, 6.07) is 1.89. The summed E-state index contributed by atoms with van der Waals surface area (Å²) in [6.07, 6.45) is 3.13. The first-order chi connectivity index (χ1) is 11.3.